The summed E-state index contributed by atoms with van der Waals surface area (Å²) in [6.45, 7) is 1.70. The number of halogens is 1. The number of amides is 1. The van der Waals surface area contributed by atoms with Gasteiger partial charge in [-0.2, -0.15) is 0 Å². The van der Waals surface area contributed by atoms with E-state index in [4.69, 9.17) is 4.74 Å². The Balaban J connectivity index is 1.96. The number of hydrogen-bond acceptors (Lipinski definition) is 3. The Labute approximate surface area is 122 Å². The molecule has 1 amide bonds. The van der Waals surface area contributed by atoms with Gasteiger partial charge in [-0.15, -0.1) is 0 Å². The molecule has 1 heterocycles. The second-order valence-electron chi connectivity index (χ2n) is 4.62. The summed E-state index contributed by atoms with van der Waals surface area (Å²) < 4.78 is 6.48. The topological polar surface area (TPSA) is 50.4 Å². The van der Waals surface area contributed by atoms with E-state index in [-0.39, 0.29) is 5.91 Å². The number of nitrogens with one attached hydrogen (secondary N) is 2. The Hall–Kier alpha value is -1.07. The van der Waals surface area contributed by atoms with Crippen LogP contribution in [0.5, 0.6) is 0 Å². The molecule has 1 aromatic carbocycles. The van der Waals surface area contributed by atoms with Gasteiger partial charge in [0.05, 0.1) is 11.7 Å². The minimum absolute atomic E-state index is 0.0825. The maximum atomic E-state index is 11.8. The molecule has 0 spiro atoms. The van der Waals surface area contributed by atoms with Gasteiger partial charge in [0.2, 0.25) is 0 Å². The predicted octanol–water partition coefficient (Wildman–Crippen LogP) is 2.79. The molecule has 1 aliphatic heterocycles. The molecule has 1 aromatic rings. The van der Waals surface area contributed by atoms with Crippen LogP contribution in [0.4, 0.5) is 5.69 Å². The maximum absolute atomic E-state index is 11.8. The summed E-state index contributed by atoms with van der Waals surface area (Å²) in [7, 11) is 1.64. The van der Waals surface area contributed by atoms with Gasteiger partial charge in [0, 0.05) is 30.4 Å². The zero-order chi connectivity index (χ0) is 13.7. The summed E-state index contributed by atoms with van der Waals surface area (Å²) >= 11 is 3.39. The molecule has 0 bridgehead atoms. The van der Waals surface area contributed by atoms with Crippen LogP contribution < -0.4 is 10.6 Å². The Bertz CT molecular complexity index is 445. The van der Waals surface area contributed by atoms with Gasteiger partial charge in [0.25, 0.3) is 5.91 Å². The fourth-order valence-corrected chi connectivity index (χ4v) is 2.59. The molecule has 4 nitrogen and oxygen atoms in total. The van der Waals surface area contributed by atoms with Crippen molar-refractivity contribution < 1.29 is 9.53 Å². The van der Waals surface area contributed by atoms with Crippen LogP contribution in [-0.4, -0.2) is 32.2 Å². The van der Waals surface area contributed by atoms with Crippen molar-refractivity contribution in [2.24, 2.45) is 0 Å². The Morgan fingerprint density at radius 2 is 2.37 bits per heavy atom. The summed E-state index contributed by atoms with van der Waals surface area (Å²) in [4.78, 5) is 11.8. The molecule has 0 aromatic heterocycles. The highest BCUT2D eigenvalue weighted by molar-refractivity contribution is 9.10. The van der Waals surface area contributed by atoms with E-state index < -0.39 is 0 Å². The summed E-state index contributed by atoms with van der Waals surface area (Å²) in [5.74, 6) is -0.0825. The van der Waals surface area contributed by atoms with Crippen molar-refractivity contribution in [1.29, 1.82) is 0 Å². The smallest absolute Gasteiger partial charge is 0.253 e. The molecule has 1 fully saturated rings. The van der Waals surface area contributed by atoms with Crippen LogP contribution in [-0.2, 0) is 4.74 Å². The summed E-state index contributed by atoms with van der Waals surface area (Å²) in [6.07, 6.45) is 3.64. The molecule has 0 radical (unpaired) electrons. The van der Waals surface area contributed by atoms with Crippen LogP contribution in [0.3, 0.4) is 0 Å². The molecule has 1 atom stereocenters. The van der Waals surface area contributed by atoms with E-state index in [2.05, 4.69) is 26.6 Å². The van der Waals surface area contributed by atoms with E-state index >= 15 is 0 Å². The first-order valence-electron chi connectivity index (χ1n) is 6.58. The second kappa shape index (κ2) is 6.91. The van der Waals surface area contributed by atoms with Crippen molar-refractivity contribution in [1.82, 2.24) is 5.32 Å². The van der Waals surface area contributed by atoms with Crippen molar-refractivity contribution in [3.05, 3.63) is 28.2 Å². The number of hydrogen-bond donors (Lipinski definition) is 2. The van der Waals surface area contributed by atoms with Crippen molar-refractivity contribution in [3.8, 4) is 0 Å². The number of ether oxygens (including phenoxy) is 1. The number of carbonyl (C=O) groups excluding carboxylic acids is 1. The summed E-state index contributed by atoms with van der Waals surface area (Å²) in [5.41, 5.74) is 1.52. The Morgan fingerprint density at radius 1 is 1.53 bits per heavy atom. The third-order valence-electron chi connectivity index (χ3n) is 3.26. The van der Waals surface area contributed by atoms with Crippen molar-refractivity contribution in [2.45, 2.75) is 25.4 Å². The van der Waals surface area contributed by atoms with E-state index in [0.717, 1.165) is 42.6 Å². The highest BCUT2D eigenvalue weighted by Gasteiger charge is 2.15. The lowest BCUT2D eigenvalue weighted by Crippen LogP contribution is -2.20. The number of carbonyl (C=O) groups is 1. The lowest BCUT2D eigenvalue weighted by Gasteiger charge is -2.14. The zero-order valence-electron chi connectivity index (χ0n) is 11.0. The van der Waals surface area contributed by atoms with Gasteiger partial charge in [-0.1, -0.05) is 15.9 Å². The van der Waals surface area contributed by atoms with Crippen LogP contribution in [0.1, 0.15) is 29.6 Å². The standard InChI is InChI=1S/C14H19BrN2O2/c1-16-14(18)12-9-10(15)4-5-13(12)17-7-6-11-3-2-8-19-11/h4-5,9,11,17H,2-3,6-8H2,1H3,(H,16,18). The second-order valence-corrected chi connectivity index (χ2v) is 5.54. The third-order valence-corrected chi connectivity index (χ3v) is 3.75. The molecule has 1 saturated heterocycles. The first kappa shape index (κ1) is 14.3. The molecule has 1 aliphatic rings. The van der Waals surface area contributed by atoms with Crippen LogP contribution in [0.15, 0.2) is 22.7 Å². The molecule has 0 saturated carbocycles. The Morgan fingerprint density at radius 3 is 3.05 bits per heavy atom. The van der Waals surface area contributed by atoms with Gasteiger partial charge >= 0.3 is 0 Å². The van der Waals surface area contributed by atoms with Gasteiger partial charge < -0.3 is 15.4 Å². The average molecular weight is 327 g/mol. The lowest BCUT2D eigenvalue weighted by atomic mass is 10.1. The van der Waals surface area contributed by atoms with E-state index in [1.807, 2.05) is 18.2 Å². The van der Waals surface area contributed by atoms with Crippen LogP contribution in [0, 0.1) is 0 Å². The van der Waals surface area contributed by atoms with Crippen molar-refractivity contribution >= 4 is 27.5 Å². The fourth-order valence-electron chi connectivity index (χ4n) is 2.23. The quantitative estimate of drug-likeness (QED) is 0.874. The maximum Gasteiger partial charge on any atom is 0.253 e. The van der Waals surface area contributed by atoms with Gasteiger partial charge in [0.15, 0.2) is 0 Å². The van der Waals surface area contributed by atoms with Gasteiger partial charge in [-0.25, -0.2) is 0 Å². The van der Waals surface area contributed by atoms with Crippen LogP contribution in [0.25, 0.3) is 0 Å². The molecule has 5 heteroatoms. The van der Waals surface area contributed by atoms with Gasteiger partial charge in [-0.3, -0.25) is 4.79 Å². The lowest BCUT2D eigenvalue weighted by molar-refractivity contribution is 0.0964. The highest BCUT2D eigenvalue weighted by atomic mass is 79.9. The zero-order valence-corrected chi connectivity index (χ0v) is 12.6. The molecule has 19 heavy (non-hydrogen) atoms. The van der Waals surface area contributed by atoms with E-state index in [0.29, 0.717) is 11.7 Å². The number of anilines is 1. The minimum Gasteiger partial charge on any atom is -0.384 e. The summed E-state index contributed by atoms with van der Waals surface area (Å²) in [6, 6.07) is 5.68. The van der Waals surface area contributed by atoms with Crippen molar-refractivity contribution in [2.75, 3.05) is 25.5 Å². The van der Waals surface area contributed by atoms with E-state index in [1.54, 1.807) is 7.05 Å². The molecule has 0 aliphatic carbocycles. The SMILES string of the molecule is CNC(=O)c1cc(Br)ccc1NCCC1CCCO1. The molecule has 2 N–H and O–H groups in total. The first-order chi connectivity index (χ1) is 9.20. The molecular formula is C14H19BrN2O2. The minimum atomic E-state index is -0.0825. The van der Waals surface area contributed by atoms with E-state index in [9.17, 15) is 4.79 Å². The molecular weight excluding hydrogens is 308 g/mol. The average Bonchev–Trinajstić information content (AvgIpc) is 2.92. The van der Waals surface area contributed by atoms with Gasteiger partial charge in [0.1, 0.15) is 0 Å². The monoisotopic (exact) mass is 326 g/mol. The number of rotatable bonds is 5. The first-order valence-corrected chi connectivity index (χ1v) is 7.37. The number of benzene rings is 1. The van der Waals surface area contributed by atoms with Crippen molar-refractivity contribution in [3.63, 3.8) is 0 Å². The normalized spacial score (nSPS) is 18.3. The predicted molar refractivity (Wildman–Crippen MR) is 79.6 cm³/mol. The fraction of sp³-hybridized carbons (Fsp3) is 0.500. The highest BCUT2D eigenvalue weighted by Crippen LogP contribution is 2.22. The van der Waals surface area contributed by atoms with Gasteiger partial charge in [-0.05, 0) is 37.5 Å². The van der Waals surface area contributed by atoms with E-state index in [1.165, 1.54) is 0 Å². The Kier molecular flexibility index (Phi) is 5.22. The third kappa shape index (κ3) is 3.94. The molecule has 1 unspecified atom stereocenters. The summed E-state index contributed by atoms with van der Waals surface area (Å²) in [5, 5.41) is 5.98. The van der Waals surface area contributed by atoms with Crippen LogP contribution in [0.2, 0.25) is 0 Å². The largest absolute Gasteiger partial charge is 0.384 e. The van der Waals surface area contributed by atoms with Crippen LogP contribution >= 0.6 is 15.9 Å². The molecule has 2 rings (SSSR count). The molecule has 104 valence electrons.